The third kappa shape index (κ3) is 3.18. The number of aryl methyl sites for hydroxylation is 1. The smallest absolute Gasteiger partial charge is 0.252 e. The van der Waals surface area contributed by atoms with E-state index in [9.17, 15) is 8.42 Å². The van der Waals surface area contributed by atoms with Crippen molar-refractivity contribution in [2.45, 2.75) is 36.9 Å². The Morgan fingerprint density at radius 3 is 2.68 bits per heavy atom. The first-order valence-corrected chi connectivity index (χ1v) is 8.91. The van der Waals surface area contributed by atoms with Crippen LogP contribution in [0.25, 0.3) is 0 Å². The van der Waals surface area contributed by atoms with Gasteiger partial charge in [-0.15, -0.1) is 11.3 Å². The maximum atomic E-state index is 12.5. The predicted molar refractivity (Wildman–Crippen MR) is 79.0 cm³/mol. The summed E-state index contributed by atoms with van der Waals surface area (Å²) in [5, 5.41) is 3.07. The van der Waals surface area contributed by atoms with E-state index in [2.05, 4.69) is 5.32 Å². The molecule has 4 nitrogen and oxygen atoms in total. The summed E-state index contributed by atoms with van der Waals surface area (Å²) in [7, 11) is 0.260. The van der Waals surface area contributed by atoms with Gasteiger partial charge in [0.2, 0.25) is 0 Å². The average molecular weight is 302 g/mol. The van der Waals surface area contributed by atoms with Gasteiger partial charge in [-0.25, -0.2) is 8.42 Å². The largest absolute Gasteiger partial charge is 0.315 e. The van der Waals surface area contributed by atoms with Crippen molar-refractivity contribution in [3.05, 3.63) is 16.5 Å². The fraction of sp³-hybridized carbons (Fsp3) is 0.692. The highest BCUT2D eigenvalue weighted by atomic mass is 32.2. The van der Waals surface area contributed by atoms with Gasteiger partial charge in [-0.05, 0) is 44.4 Å². The first-order valence-electron chi connectivity index (χ1n) is 6.65. The Balaban J connectivity index is 2.15. The van der Waals surface area contributed by atoms with Gasteiger partial charge in [-0.1, -0.05) is 6.42 Å². The molecule has 0 spiro atoms. The fourth-order valence-electron chi connectivity index (χ4n) is 2.24. The molecule has 2 rings (SSSR count). The van der Waals surface area contributed by atoms with Gasteiger partial charge in [0.1, 0.15) is 4.21 Å². The molecule has 0 aliphatic heterocycles. The van der Waals surface area contributed by atoms with Crippen molar-refractivity contribution >= 4 is 21.4 Å². The molecule has 0 unspecified atom stereocenters. The van der Waals surface area contributed by atoms with Gasteiger partial charge in [-0.2, -0.15) is 4.31 Å². The van der Waals surface area contributed by atoms with Crippen LogP contribution in [0.5, 0.6) is 0 Å². The molecule has 1 aliphatic rings. The Hall–Kier alpha value is -0.430. The van der Waals surface area contributed by atoms with Crippen LogP contribution in [0.4, 0.5) is 0 Å². The van der Waals surface area contributed by atoms with Crippen LogP contribution in [0, 0.1) is 12.8 Å². The molecule has 0 atom stereocenters. The number of nitrogens with zero attached hydrogens (tertiary/aromatic N) is 1. The van der Waals surface area contributed by atoms with Gasteiger partial charge < -0.3 is 5.32 Å². The summed E-state index contributed by atoms with van der Waals surface area (Å²) in [5.74, 6) is 0.553. The molecule has 0 aromatic carbocycles. The lowest BCUT2D eigenvalue weighted by atomic mass is 9.86. The highest BCUT2D eigenvalue weighted by Crippen LogP contribution is 2.31. The van der Waals surface area contributed by atoms with Crippen LogP contribution in [0.2, 0.25) is 0 Å². The molecule has 0 saturated heterocycles. The average Bonchev–Trinajstić information content (AvgIpc) is 2.66. The molecular formula is C13H22N2O2S2. The molecule has 1 heterocycles. The predicted octanol–water partition coefficient (Wildman–Crippen LogP) is 2.20. The molecule has 1 aromatic heterocycles. The zero-order valence-electron chi connectivity index (χ0n) is 11.8. The lowest BCUT2D eigenvalue weighted by Gasteiger charge is -2.29. The summed E-state index contributed by atoms with van der Waals surface area (Å²) in [5.41, 5.74) is 1.05. The van der Waals surface area contributed by atoms with Crippen molar-refractivity contribution in [2.24, 2.45) is 5.92 Å². The number of nitrogens with one attached hydrogen (secondary N) is 1. The van der Waals surface area contributed by atoms with E-state index in [1.165, 1.54) is 22.1 Å². The molecule has 6 heteroatoms. The normalized spacial score (nSPS) is 16.8. The number of hydrogen-bond donors (Lipinski definition) is 1. The van der Waals surface area contributed by atoms with Crippen molar-refractivity contribution in [2.75, 3.05) is 20.6 Å². The first kappa shape index (κ1) is 15.0. The van der Waals surface area contributed by atoms with Crippen LogP contribution in [0.15, 0.2) is 10.3 Å². The lowest BCUT2D eigenvalue weighted by Crippen LogP contribution is -2.33. The van der Waals surface area contributed by atoms with Gasteiger partial charge in [0, 0.05) is 25.0 Å². The number of rotatable bonds is 6. The topological polar surface area (TPSA) is 49.4 Å². The Morgan fingerprint density at radius 2 is 2.16 bits per heavy atom. The van der Waals surface area contributed by atoms with Crippen molar-refractivity contribution in [3.8, 4) is 0 Å². The van der Waals surface area contributed by atoms with Crippen molar-refractivity contribution < 1.29 is 8.42 Å². The van der Waals surface area contributed by atoms with Gasteiger partial charge in [0.15, 0.2) is 0 Å². The van der Waals surface area contributed by atoms with Gasteiger partial charge in [0.25, 0.3) is 10.0 Å². The summed E-state index contributed by atoms with van der Waals surface area (Å²) in [6, 6.07) is 1.80. The number of sulfonamides is 1. The zero-order chi connectivity index (χ0) is 14.0. The van der Waals surface area contributed by atoms with Gasteiger partial charge >= 0.3 is 0 Å². The third-order valence-electron chi connectivity index (χ3n) is 3.74. The summed E-state index contributed by atoms with van der Waals surface area (Å²) >= 11 is 1.38. The summed E-state index contributed by atoms with van der Waals surface area (Å²) < 4.78 is 27.0. The highest BCUT2D eigenvalue weighted by Gasteiger charge is 2.28. The quantitative estimate of drug-likeness (QED) is 0.876. The molecule has 1 aliphatic carbocycles. The molecule has 1 saturated carbocycles. The molecule has 1 N–H and O–H groups in total. The van der Waals surface area contributed by atoms with E-state index < -0.39 is 10.0 Å². The van der Waals surface area contributed by atoms with Crippen LogP contribution in [-0.4, -0.2) is 33.4 Å². The Bertz CT molecular complexity index is 533. The molecule has 0 bridgehead atoms. The maximum Gasteiger partial charge on any atom is 0.252 e. The van der Waals surface area contributed by atoms with Crippen LogP contribution in [0.3, 0.4) is 0 Å². The van der Waals surface area contributed by atoms with E-state index in [0.717, 1.165) is 29.8 Å². The molecule has 1 fully saturated rings. The van der Waals surface area contributed by atoms with Crippen LogP contribution in [-0.2, 0) is 16.6 Å². The Kier molecular flexibility index (Phi) is 4.66. The second-order valence-corrected chi connectivity index (χ2v) is 8.69. The van der Waals surface area contributed by atoms with Crippen molar-refractivity contribution in [3.63, 3.8) is 0 Å². The maximum absolute atomic E-state index is 12.5. The summed E-state index contributed by atoms with van der Waals surface area (Å²) in [4.78, 5) is 1.10. The van der Waals surface area contributed by atoms with E-state index in [0.29, 0.717) is 16.7 Å². The van der Waals surface area contributed by atoms with E-state index in [1.807, 2.05) is 14.0 Å². The van der Waals surface area contributed by atoms with Gasteiger partial charge in [-0.3, -0.25) is 0 Å². The molecule has 0 amide bonds. The van der Waals surface area contributed by atoms with E-state index in [4.69, 9.17) is 0 Å². The van der Waals surface area contributed by atoms with Crippen LogP contribution in [0.1, 0.15) is 29.7 Å². The minimum Gasteiger partial charge on any atom is -0.315 e. The minimum absolute atomic E-state index is 0.470. The van der Waals surface area contributed by atoms with Crippen LogP contribution >= 0.6 is 11.3 Å². The Morgan fingerprint density at radius 1 is 1.47 bits per heavy atom. The number of hydrogen-bond acceptors (Lipinski definition) is 4. The lowest BCUT2D eigenvalue weighted by molar-refractivity contribution is 0.263. The molecule has 108 valence electrons. The molecule has 0 radical (unpaired) electrons. The second kappa shape index (κ2) is 5.91. The summed E-state index contributed by atoms with van der Waals surface area (Å²) in [6.07, 6.45) is 3.56. The fourth-order valence-corrected chi connectivity index (χ4v) is 5.30. The Labute approximate surface area is 119 Å². The van der Waals surface area contributed by atoms with Gasteiger partial charge in [0.05, 0.1) is 0 Å². The number of thiophene rings is 1. The third-order valence-corrected chi connectivity index (χ3v) is 7.25. The van der Waals surface area contributed by atoms with Crippen molar-refractivity contribution in [1.29, 1.82) is 0 Å². The SMILES string of the molecule is CNCc1sc(S(=O)(=O)N(C)CC2CCC2)cc1C. The van der Waals surface area contributed by atoms with E-state index in [1.54, 1.807) is 13.1 Å². The molecule has 1 aromatic rings. The molecular weight excluding hydrogens is 280 g/mol. The second-order valence-electron chi connectivity index (χ2n) is 5.28. The zero-order valence-corrected chi connectivity index (χ0v) is 13.4. The van der Waals surface area contributed by atoms with E-state index in [-0.39, 0.29) is 0 Å². The standard InChI is InChI=1S/C13H22N2O2S2/c1-10-7-13(18-12(10)8-14-2)19(16,17)15(3)9-11-5-4-6-11/h7,11,14H,4-6,8-9H2,1-3H3. The highest BCUT2D eigenvalue weighted by molar-refractivity contribution is 7.91. The molecule has 19 heavy (non-hydrogen) atoms. The van der Waals surface area contributed by atoms with Crippen LogP contribution < -0.4 is 5.32 Å². The summed E-state index contributed by atoms with van der Waals surface area (Å²) in [6.45, 7) is 3.34. The van der Waals surface area contributed by atoms with E-state index >= 15 is 0 Å². The minimum atomic E-state index is -3.31. The monoisotopic (exact) mass is 302 g/mol. The van der Waals surface area contributed by atoms with Crippen molar-refractivity contribution in [1.82, 2.24) is 9.62 Å². The first-order chi connectivity index (χ1) is 8.95.